The second kappa shape index (κ2) is 11.5. The van der Waals surface area contributed by atoms with Gasteiger partial charge >= 0.3 is 0 Å². The summed E-state index contributed by atoms with van der Waals surface area (Å²) in [5.41, 5.74) is 0. The van der Waals surface area contributed by atoms with Gasteiger partial charge in [-0.1, -0.05) is 19.9 Å². The van der Waals surface area contributed by atoms with Gasteiger partial charge in [0.2, 0.25) is 0 Å². The molecule has 0 atom stereocenters. The van der Waals surface area contributed by atoms with Crippen molar-refractivity contribution in [3.63, 3.8) is 0 Å². The molecular weight excluding hydrogens is 433 g/mol. The predicted molar refractivity (Wildman–Crippen MR) is 114 cm³/mol. The van der Waals surface area contributed by atoms with Crippen LogP contribution in [-0.4, -0.2) is 37.5 Å². The third-order valence-electron chi connectivity index (χ3n) is 3.48. The summed E-state index contributed by atoms with van der Waals surface area (Å²) in [6.07, 6.45) is 3.64. The normalized spacial score (nSPS) is 11.4. The van der Waals surface area contributed by atoms with E-state index in [-0.39, 0.29) is 24.0 Å². The van der Waals surface area contributed by atoms with E-state index < -0.39 is 0 Å². The van der Waals surface area contributed by atoms with Crippen molar-refractivity contribution in [3.05, 3.63) is 46.5 Å². The van der Waals surface area contributed by atoms with Gasteiger partial charge in [0.05, 0.1) is 6.26 Å². The number of thiophene rings is 1. The minimum absolute atomic E-state index is 0. The Morgan fingerprint density at radius 3 is 2.75 bits per heavy atom. The number of hydrogen-bond donors (Lipinski definition) is 1. The Kier molecular flexibility index (Phi) is 10.1. The fraction of sp³-hybridized carbons (Fsp3) is 0.500. The van der Waals surface area contributed by atoms with Crippen LogP contribution in [0, 0.1) is 5.92 Å². The second-order valence-corrected chi connectivity index (χ2v) is 7.10. The highest BCUT2D eigenvalue weighted by molar-refractivity contribution is 14.0. The van der Waals surface area contributed by atoms with E-state index >= 15 is 0 Å². The highest BCUT2D eigenvalue weighted by Crippen LogP contribution is 2.09. The van der Waals surface area contributed by atoms with Crippen molar-refractivity contribution in [3.8, 4) is 0 Å². The predicted octanol–water partition coefficient (Wildman–Crippen LogP) is 4.28. The van der Waals surface area contributed by atoms with Crippen LogP contribution in [0.15, 0.2) is 45.3 Å². The van der Waals surface area contributed by atoms with Gasteiger partial charge < -0.3 is 14.6 Å². The fourth-order valence-corrected chi connectivity index (χ4v) is 2.87. The van der Waals surface area contributed by atoms with E-state index in [2.05, 4.69) is 48.6 Å². The molecule has 2 heterocycles. The molecule has 0 saturated carbocycles. The number of likely N-dealkylation sites (N-methyl/N-ethyl adjacent to an activating group) is 1. The molecule has 4 nitrogen and oxygen atoms in total. The Balaban J connectivity index is 0.00000288. The lowest BCUT2D eigenvalue weighted by atomic mass is 10.2. The maximum atomic E-state index is 5.38. The number of aliphatic imine (C=N–C) groups is 1. The van der Waals surface area contributed by atoms with Crippen LogP contribution in [-0.2, 0) is 12.8 Å². The first-order valence-corrected chi connectivity index (χ1v) is 9.07. The molecule has 24 heavy (non-hydrogen) atoms. The Bertz CT molecular complexity index is 567. The zero-order valence-electron chi connectivity index (χ0n) is 14.7. The van der Waals surface area contributed by atoms with E-state index in [0.717, 1.165) is 44.2 Å². The molecule has 0 aliphatic heterocycles. The largest absolute Gasteiger partial charge is 0.469 e. The summed E-state index contributed by atoms with van der Waals surface area (Å²) in [5.74, 6) is 2.53. The minimum Gasteiger partial charge on any atom is -0.469 e. The van der Waals surface area contributed by atoms with Crippen molar-refractivity contribution < 1.29 is 4.42 Å². The highest BCUT2D eigenvalue weighted by atomic mass is 127. The lowest BCUT2D eigenvalue weighted by molar-refractivity contribution is 0.473. The Hall–Kier alpha value is -1.02. The van der Waals surface area contributed by atoms with E-state index in [0.29, 0.717) is 5.92 Å². The van der Waals surface area contributed by atoms with Crippen LogP contribution in [0.4, 0.5) is 0 Å². The molecule has 1 N–H and O–H groups in total. The van der Waals surface area contributed by atoms with Crippen LogP contribution in [0.5, 0.6) is 0 Å². The Labute approximate surface area is 166 Å². The van der Waals surface area contributed by atoms with Crippen molar-refractivity contribution >= 4 is 41.3 Å². The van der Waals surface area contributed by atoms with E-state index in [9.17, 15) is 0 Å². The van der Waals surface area contributed by atoms with Crippen molar-refractivity contribution in [2.45, 2.75) is 26.7 Å². The third-order valence-corrected chi connectivity index (χ3v) is 4.41. The molecule has 0 bridgehead atoms. The van der Waals surface area contributed by atoms with E-state index in [1.165, 1.54) is 4.88 Å². The summed E-state index contributed by atoms with van der Waals surface area (Å²) in [6, 6.07) is 8.23. The first kappa shape index (κ1) is 21.0. The summed E-state index contributed by atoms with van der Waals surface area (Å²) in [5, 5.41) is 5.59. The number of nitrogens with zero attached hydrogens (tertiary/aromatic N) is 2. The van der Waals surface area contributed by atoms with Crippen molar-refractivity contribution in [2.24, 2.45) is 10.9 Å². The van der Waals surface area contributed by atoms with Crippen molar-refractivity contribution in [2.75, 3.05) is 26.7 Å². The van der Waals surface area contributed by atoms with E-state index in [1.807, 2.05) is 23.5 Å². The molecule has 0 aliphatic carbocycles. The summed E-state index contributed by atoms with van der Waals surface area (Å²) < 4.78 is 5.38. The smallest absolute Gasteiger partial charge is 0.193 e. The van der Waals surface area contributed by atoms with Crippen molar-refractivity contribution in [1.82, 2.24) is 10.2 Å². The van der Waals surface area contributed by atoms with Gasteiger partial charge in [0.15, 0.2) is 5.96 Å². The number of rotatable bonds is 8. The molecule has 2 aromatic heterocycles. The quantitative estimate of drug-likeness (QED) is 0.363. The van der Waals surface area contributed by atoms with Gasteiger partial charge in [0.25, 0.3) is 0 Å². The Morgan fingerprint density at radius 1 is 1.29 bits per heavy atom. The van der Waals surface area contributed by atoms with Crippen molar-refractivity contribution in [1.29, 1.82) is 0 Å². The van der Waals surface area contributed by atoms with Gasteiger partial charge in [-0.25, -0.2) is 0 Å². The number of hydrogen-bond acceptors (Lipinski definition) is 3. The highest BCUT2D eigenvalue weighted by Gasteiger charge is 2.08. The van der Waals surface area contributed by atoms with E-state index in [4.69, 9.17) is 9.41 Å². The Morgan fingerprint density at radius 2 is 2.12 bits per heavy atom. The lowest BCUT2D eigenvalue weighted by Gasteiger charge is -2.22. The molecule has 6 heteroatoms. The molecule has 134 valence electrons. The maximum absolute atomic E-state index is 5.38. The van der Waals surface area contributed by atoms with Crippen LogP contribution in [0.3, 0.4) is 0 Å². The van der Waals surface area contributed by atoms with Crippen LogP contribution in [0.25, 0.3) is 0 Å². The zero-order valence-corrected chi connectivity index (χ0v) is 17.8. The van der Waals surface area contributed by atoms with Gasteiger partial charge in [-0.15, -0.1) is 35.3 Å². The molecule has 0 unspecified atom stereocenters. The van der Waals surface area contributed by atoms with E-state index in [1.54, 1.807) is 6.26 Å². The number of nitrogens with one attached hydrogen (secondary N) is 1. The average molecular weight is 461 g/mol. The molecule has 2 rings (SSSR count). The molecule has 0 amide bonds. The summed E-state index contributed by atoms with van der Waals surface area (Å²) in [6.45, 7) is 7.01. The number of guanidine groups is 1. The number of halogens is 1. The molecule has 2 aromatic rings. The molecule has 0 aliphatic rings. The van der Waals surface area contributed by atoms with Gasteiger partial charge in [0.1, 0.15) is 5.76 Å². The van der Waals surface area contributed by atoms with Crippen LogP contribution < -0.4 is 5.32 Å². The standard InChI is InChI=1S/C18H27N3OS.HI/c1-15(2)14-20-18(19-10-8-16-6-4-12-22-16)21(3)11-9-17-7-5-13-23-17;/h4-7,12-13,15H,8-11,14H2,1-3H3,(H,19,20);1H. The monoisotopic (exact) mass is 461 g/mol. The minimum atomic E-state index is 0. The summed E-state index contributed by atoms with van der Waals surface area (Å²) >= 11 is 1.81. The first-order valence-electron chi connectivity index (χ1n) is 8.19. The average Bonchev–Trinajstić information content (AvgIpc) is 3.21. The lowest BCUT2D eigenvalue weighted by Crippen LogP contribution is -2.41. The molecule has 0 radical (unpaired) electrons. The summed E-state index contributed by atoms with van der Waals surface area (Å²) in [7, 11) is 2.10. The maximum Gasteiger partial charge on any atom is 0.193 e. The van der Waals surface area contributed by atoms with Crippen LogP contribution in [0.1, 0.15) is 24.5 Å². The van der Waals surface area contributed by atoms with Gasteiger partial charge in [0, 0.05) is 38.0 Å². The second-order valence-electron chi connectivity index (χ2n) is 6.07. The van der Waals surface area contributed by atoms with Crippen LogP contribution in [0.2, 0.25) is 0 Å². The topological polar surface area (TPSA) is 40.8 Å². The molecular formula is C18H28IN3OS. The summed E-state index contributed by atoms with van der Waals surface area (Å²) in [4.78, 5) is 8.37. The first-order chi connectivity index (χ1) is 11.1. The molecule has 0 spiro atoms. The third kappa shape index (κ3) is 7.70. The molecule has 0 saturated heterocycles. The molecule has 0 fully saturated rings. The van der Waals surface area contributed by atoms with Gasteiger partial charge in [-0.2, -0.15) is 0 Å². The van der Waals surface area contributed by atoms with Gasteiger partial charge in [-0.05, 0) is 35.9 Å². The SMILES string of the molecule is CC(C)CN=C(NCCc1ccco1)N(C)CCc1cccs1.I. The van der Waals surface area contributed by atoms with Gasteiger partial charge in [-0.3, -0.25) is 4.99 Å². The zero-order chi connectivity index (χ0) is 16.5. The van der Waals surface area contributed by atoms with Crippen LogP contribution >= 0.6 is 35.3 Å². The fourth-order valence-electron chi connectivity index (χ4n) is 2.17. The molecule has 0 aromatic carbocycles. The number of furan rings is 1.